The maximum absolute atomic E-state index is 12.0. The number of aliphatic carboxylic acids is 1. The fourth-order valence-electron chi connectivity index (χ4n) is 5.55. The predicted molar refractivity (Wildman–Crippen MR) is 146 cm³/mol. The molecule has 2 aliphatic heterocycles. The maximum atomic E-state index is 12.0. The second kappa shape index (κ2) is 12.6. The van der Waals surface area contributed by atoms with Gasteiger partial charge in [0.2, 0.25) is 0 Å². The second-order valence-corrected chi connectivity index (χ2v) is 10.7. The molecule has 1 aromatic heterocycles. The lowest BCUT2D eigenvalue weighted by Crippen LogP contribution is -2.36. The first-order chi connectivity index (χ1) is 17.9. The molecule has 3 heterocycles. The van der Waals surface area contributed by atoms with Crippen molar-refractivity contribution in [1.82, 2.24) is 30.4 Å². The minimum Gasteiger partial charge on any atom is -0.481 e. The third-order valence-electron chi connectivity index (χ3n) is 8.32. The molecule has 1 fully saturated rings. The summed E-state index contributed by atoms with van der Waals surface area (Å²) < 4.78 is 2.26. The molecule has 2 aromatic rings. The van der Waals surface area contributed by atoms with E-state index in [0.29, 0.717) is 0 Å². The van der Waals surface area contributed by atoms with Gasteiger partial charge in [-0.2, -0.15) is 0 Å². The molecule has 1 aromatic carbocycles. The summed E-state index contributed by atoms with van der Waals surface area (Å²) in [5.74, 6) is 0.671. The lowest BCUT2D eigenvalue weighted by Gasteiger charge is -2.31. The van der Waals surface area contributed by atoms with Crippen LogP contribution in [0.15, 0.2) is 42.5 Å². The lowest BCUT2D eigenvalue weighted by atomic mass is 9.82. The fraction of sp³-hybridized carbons (Fsp3) is 0.586. The summed E-state index contributed by atoms with van der Waals surface area (Å²) in [6.45, 7) is 13.1. The van der Waals surface area contributed by atoms with Gasteiger partial charge in [0.25, 0.3) is 0 Å². The van der Waals surface area contributed by atoms with Crippen LogP contribution in [0.5, 0.6) is 0 Å². The van der Waals surface area contributed by atoms with E-state index in [4.69, 9.17) is 4.98 Å². The van der Waals surface area contributed by atoms with Gasteiger partial charge in [-0.3, -0.25) is 14.7 Å². The lowest BCUT2D eigenvalue weighted by molar-refractivity contribution is -0.142. The average molecular weight is 509 g/mol. The van der Waals surface area contributed by atoms with E-state index >= 15 is 0 Å². The monoisotopic (exact) mass is 508 g/mol. The summed E-state index contributed by atoms with van der Waals surface area (Å²) in [7, 11) is 0. The Hall–Kier alpha value is -2.84. The number of aryl methyl sites for hydroxylation is 1. The number of hydrogen-bond acceptors (Lipinski definition) is 6. The summed E-state index contributed by atoms with van der Waals surface area (Å²) >= 11 is 0. The SMILES string of the molecule is CCC1CCN(Cc2nccn2Cc2cc(C(CCC3=CN(CC)NN3)C(C)C(=O)O)ccc2C)CC1. The first-order valence-corrected chi connectivity index (χ1v) is 13.9. The molecule has 37 heavy (non-hydrogen) atoms. The van der Waals surface area contributed by atoms with Gasteiger partial charge in [-0.1, -0.05) is 38.5 Å². The largest absolute Gasteiger partial charge is 0.481 e. The zero-order chi connectivity index (χ0) is 26.4. The van der Waals surface area contributed by atoms with Gasteiger partial charge in [0, 0.05) is 37.4 Å². The van der Waals surface area contributed by atoms with Crippen molar-refractivity contribution in [3.05, 3.63) is 65.0 Å². The number of imidazole rings is 1. The summed E-state index contributed by atoms with van der Waals surface area (Å²) in [6.07, 6.45) is 11.4. The quantitative estimate of drug-likeness (QED) is 0.385. The first kappa shape index (κ1) is 27.2. The summed E-state index contributed by atoms with van der Waals surface area (Å²) in [4.78, 5) is 19.2. The molecule has 0 aliphatic carbocycles. The number of aromatic nitrogens is 2. The van der Waals surface area contributed by atoms with Gasteiger partial charge in [0.15, 0.2) is 0 Å². The normalized spacial score (nSPS) is 18.5. The Balaban J connectivity index is 1.48. The number of carbonyl (C=O) groups is 1. The Labute approximate surface area is 221 Å². The molecule has 2 aliphatic rings. The molecule has 2 unspecified atom stereocenters. The van der Waals surface area contributed by atoms with E-state index < -0.39 is 11.9 Å². The molecule has 8 nitrogen and oxygen atoms in total. The number of benzene rings is 1. The third-order valence-corrected chi connectivity index (χ3v) is 8.32. The van der Waals surface area contributed by atoms with Crippen molar-refractivity contribution in [3.63, 3.8) is 0 Å². The molecule has 3 N–H and O–H groups in total. The number of hydrogen-bond donors (Lipinski definition) is 3. The van der Waals surface area contributed by atoms with Crippen LogP contribution in [-0.4, -0.2) is 50.2 Å². The van der Waals surface area contributed by atoms with Crippen LogP contribution in [0.2, 0.25) is 0 Å². The van der Waals surface area contributed by atoms with Crippen molar-refractivity contribution in [2.24, 2.45) is 11.8 Å². The molecule has 0 amide bonds. The summed E-state index contributed by atoms with van der Waals surface area (Å²) in [5, 5.41) is 11.9. The Morgan fingerprint density at radius 3 is 2.68 bits per heavy atom. The van der Waals surface area contributed by atoms with Gasteiger partial charge in [0.05, 0.1) is 12.5 Å². The third kappa shape index (κ3) is 6.93. The Morgan fingerprint density at radius 2 is 2.00 bits per heavy atom. The van der Waals surface area contributed by atoms with Crippen molar-refractivity contribution in [1.29, 1.82) is 0 Å². The van der Waals surface area contributed by atoms with E-state index in [2.05, 4.69) is 71.8 Å². The van der Waals surface area contributed by atoms with Gasteiger partial charge in [0.1, 0.15) is 5.82 Å². The molecule has 4 rings (SSSR count). The number of hydrazine groups is 2. The van der Waals surface area contributed by atoms with Crippen LogP contribution in [-0.2, 0) is 17.9 Å². The minimum absolute atomic E-state index is 0.0719. The molecule has 0 radical (unpaired) electrons. The van der Waals surface area contributed by atoms with Crippen LogP contribution >= 0.6 is 0 Å². The van der Waals surface area contributed by atoms with Gasteiger partial charge in [-0.15, -0.1) is 5.53 Å². The van der Waals surface area contributed by atoms with Crippen LogP contribution in [0.4, 0.5) is 0 Å². The van der Waals surface area contributed by atoms with Crippen molar-refractivity contribution < 1.29 is 9.90 Å². The van der Waals surface area contributed by atoms with E-state index in [-0.39, 0.29) is 5.92 Å². The number of piperidine rings is 1. The minimum atomic E-state index is -0.752. The van der Waals surface area contributed by atoms with Gasteiger partial charge in [-0.25, -0.2) is 4.98 Å². The van der Waals surface area contributed by atoms with Crippen molar-refractivity contribution >= 4 is 5.97 Å². The predicted octanol–water partition coefficient (Wildman–Crippen LogP) is 4.63. The van der Waals surface area contributed by atoms with E-state index in [1.54, 1.807) is 0 Å². The van der Waals surface area contributed by atoms with Crippen LogP contribution in [0.1, 0.15) is 81.3 Å². The Bertz CT molecular complexity index is 1070. The maximum Gasteiger partial charge on any atom is 0.306 e. The topological polar surface area (TPSA) is 85.7 Å². The highest BCUT2D eigenvalue weighted by molar-refractivity contribution is 5.71. The molecule has 1 saturated heterocycles. The molecular formula is C29H44N6O2. The van der Waals surface area contributed by atoms with Crippen LogP contribution in [0.3, 0.4) is 0 Å². The van der Waals surface area contributed by atoms with Gasteiger partial charge >= 0.3 is 5.97 Å². The van der Waals surface area contributed by atoms with Crippen molar-refractivity contribution in [2.45, 2.75) is 78.8 Å². The van der Waals surface area contributed by atoms with Gasteiger partial charge < -0.3 is 15.1 Å². The van der Waals surface area contributed by atoms with E-state index in [0.717, 1.165) is 68.6 Å². The fourth-order valence-corrected chi connectivity index (χ4v) is 5.55. The number of nitrogens with one attached hydrogen (secondary N) is 2. The molecule has 0 spiro atoms. The number of carboxylic acids is 1. The molecule has 0 saturated carbocycles. The molecule has 202 valence electrons. The second-order valence-electron chi connectivity index (χ2n) is 10.7. The highest BCUT2D eigenvalue weighted by Gasteiger charge is 2.27. The van der Waals surface area contributed by atoms with E-state index in [1.165, 1.54) is 30.4 Å². The highest BCUT2D eigenvalue weighted by atomic mass is 16.4. The molecular weight excluding hydrogens is 464 g/mol. The summed E-state index contributed by atoms with van der Waals surface area (Å²) in [6, 6.07) is 6.48. The van der Waals surface area contributed by atoms with Crippen LogP contribution in [0.25, 0.3) is 0 Å². The average Bonchev–Trinajstić information content (AvgIpc) is 3.55. The van der Waals surface area contributed by atoms with E-state index in [1.807, 2.05) is 18.1 Å². The van der Waals surface area contributed by atoms with Crippen LogP contribution < -0.4 is 11.0 Å². The van der Waals surface area contributed by atoms with Crippen molar-refractivity contribution in [3.8, 4) is 0 Å². The molecule has 2 atom stereocenters. The standard InChI is InChI=1S/C29H44N6O2/c1-5-23-11-14-33(15-12-23)20-28-30-13-16-34(28)18-25-17-24(8-7-21(25)3)27(22(4)29(36)37)10-9-26-19-35(6-2)32-31-26/h7-8,13,16-17,19,22-23,27,31-32H,5-6,9-12,14-15,18,20H2,1-4H3,(H,36,37). The molecule has 8 heteroatoms. The van der Waals surface area contributed by atoms with Crippen LogP contribution in [0, 0.1) is 18.8 Å². The zero-order valence-electron chi connectivity index (χ0n) is 22.9. The number of rotatable bonds is 12. The number of allylic oxidation sites excluding steroid dienone is 1. The molecule has 0 bridgehead atoms. The Morgan fingerprint density at radius 1 is 1.22 bits per heavy atom. The smallest absolute Gasteiger partial charge is 0.306 e. The number of nitrogens with zero attached hydrogens (tertiary/aromatic N) is 4. The Kier molecular flexibility index (Phi) is 9.27. The number of carboxylic acid groups (broad SMARTS) is 1. The van der Waals surface area contributed by atoms with Gasteiger partial charge in [-0.05, 0) is 81.1 Å². The van der Waals surface area contributed by atoms with E-state index in [9.17, 15) is 9.90 Å². The number of likely N-dealkylation sites (tertiary alicyclic amines) is 1. The zero-order valence-corrected chi connectivity index (χ0v) is 22.9. The van der Waals surface area contributed by atoms with Crippen molar-refractivity contribution in [2.75, 3.05) is 19.6 Å². The highest BCUT2D eigenvalue weighted by Crippen LogP contribution is 2.33. The summed E-state index contributed by atoms with van der Waals surface area (Å²) in [5.41, 5.74) is 10.9. The first-order valence-electron chi connectivity index (χ1n) is 13.9.